The zero-order valence-electron chi connectivity index (χ0n) is 10.2. The largest absolute Gasteiger partial charge is 0.327 e. The van der Waals surface area contributed by atoms with Crippen molar-refractivity contribution in [1.82, 2.24) is 0 Å². The lowest BCUT2D eigenvalue weighted by Crippen LogP contribution is -2.60. The van der Waals surface area contributed by atoms with E-state index in [1.807, 2.05) is 12.1 Å². The van der Waals surface area contributed by atoms with Crippen LogP contribution in [0.5, 0.6) is 0 Å². The van der Waals surface area contributed by atoms with Gasteiger partial charge in [-0.2, -0.15) is 0 Å². The van der Waals surface area contributed by atoms with Crippen molar-refractivity contribution in [3.8, 4) is 0 Å². The number of nitrogens with two attached hydrogens (primary N) is 1. The molecular formula is C14H20ClN. The molecule has 1 aliphatic rings. The average molecular weight is 238 g/mol. The SMILES string of the molecule is CCC1(C)C(N)C(C)C1c1cccc(Cl)c1. The Kier molecular flexibility index (Phi) is 3.02. The van der Waals surface area contributed by atoms with Crippen LogP contribution in [0, 0.1) is 11.3 Å². The quantitative estimate of drug-likeness (QED) is 0.832. The van der Waals surface area contributed by atoms with Crippen LogP contribution < -0.4 is 5.73 Å². The lowest BCUT2D eigenvalue weighted by molar-refractivity contribution is 0.00363. The molecule has 2 N–H and O–H groups in total. The molecule has 1 aliphatic carbocycles. The van der Waals surface area contributed by atoms with Gasteiger partial charge >= 0.3 is 0 Å². The Morgan fingerprint density at radius 1 is 1.44 bits per heavy atom. The normalized spacial score (nSPS) is 38.2. The van der Waals surface area contributed by atoms with Crippen LogP contribution in [0.2, 0.25) is 5.02 Å². The Labute approximate surface area is 103 Å². The fraction of sp³-hybridized carbons (Fsp3) is 0.571. The zero-order valence-corrected chi connectivity index (χ0v) is 11.0. The molecule has 88 valence electrons. The van der Waals surface area contributed by atoms with Crippen LogP contribution in [0.15, 0.2) is 24.3 Å². The smallest absolute Gasteiger partial charge is 0.0408 e. The molecule has 1 saturated carbocycles. The molecule has 2 heteroatoms. The molecule has 1 aromatic rings. The van der Waals surface area contributed by atoms with Gasteiger partial charge in [0.15, 0.2) is 0 Å². The number of hydrogen-bond donors (Lipinski definition) is 1. The molecule has 0 saturated heterocycles. The summed E-state index contributed by atoms with van der Waals surface area (Å²) < 4.78 is 0. The molecule has 16 heavy (non-hydrogen) atoms. The second kappa shape index (κ2) is 4.05. The fourth-order valence-corrected chi connectivity index (χ4v) is 3.54. The molecule has 1 nitrogen and oxygen atoms in total. The van der Waals surface area contributed by atoms with Gasteiger partial charge in [-0.3, -0.25) is 0 Å². The van der Waals surface area contributed by atoms with Gasteiger partial charge in [-0.15, -0.1) is 0 Å². The minimum absolute atomic E-state index is 0.226. The van der Waals surface area contributed by atoms with E-state index in [4.69, 9.17) is 17.3 Å². The summed E-state index contributed by atoms with van der Waals surface area (Å²) in [5.74, 6) is 1.09. The van der Waals surface area contributed by atoms with Gasteiger partial charge < -0.3 is 5.73 Å². The lowest BCUT2D eigenvalue weighted by atomic mass is 9.49. The van der Waals surface area contributed by atoms with Crippen LogP contribution in [0.4, 0.5) is 0 Å². The van der Waals surface area contributed by atoms with Gasteiger partial charge in [-0.25, -0.2) is 0 Å². The molecule has 4 unspecified atom stereocenters. The summed E-state index contributed by atoms with van der Waals surface area (Å²) in [6.07, 6.45) is 1.12. The molecule has 2 rings (SSSR count). The molecule has 0 bridgehead atoms. The van der Waals surface area contributed by atoms with E-state index in [1.165, 1.54) is 5.56 Å². The van der Waals surface area contributed by atoms with Crippen molar-refractivity contribution in [3.05, 3.63) is 34.9 Å². The van der Waals surface area contributed by atoms with Gasteiger partial charge in [0.05, 0.1) is 0 Å². The molecule has 4 atom stereocenters. The van der Waals surface area contributed by atoms with Gasteiger partial charge in [-0.1, -0.05) is 44.5 Å². The third kappa shape index (κ3) is 1.57. The predicted molar refractivity (Wildman–Crippen MR) is 69.7 cm³/mol. The molecule has 0 aliphatic heterocycles. The van der Waals surface area contributed by atoms with Crippen molar-refractivity contribution in [1.29, 1.82) is 0 Å². The highest BCUT2D eigenvalue weighted by atomic mass is 35.5. The van der Waals surface area contributed by atoms with Gasteiger partial charge in [0.25, 0.3) is 0 Å². The molecule has 1 aromatic carbocycles. The third-order valence-electron chi connectivity index (χ3n) is 4.53. The van der Waals surface area contributed by atoms with Crippen molar-refractivity contribution >= 4 is 11.6 Å². The summed E-state index contributed by atoms with van der Waals surface area (Å²) in [7, 11) is 0. The number of rotatable bonds is 2. The molecule has 0 heterocycles. The lowest BCUT2D eigenvalue weighted by Gasteiger charge is -2.58. The summed E-state index contributed by atoms with van der Waals surface area (Å²) in [6, 6.07) is 8.53. The molecule has 0 radical (unpaired) electrons. The molecule has 1 fully saturated rings. The van der Waals surface area contributed by atoms with Gasteiger partial charge in [0.2, 0.25) is 0 Å². The van der Waals surface area contributed by atoms with Crippen molar-refractivity contribution in [2.24, 2.45) is 17.1 Å². The van der Waals surface area contributed by atoms with E-state index in [9.17, 15) is 0 Å². The van der Waals surface area contributed by atoms with Crippen LogP contribution in [0.25, 0.3) is 0 Å². The Morgan fingerprint density at radius 3 is 2.69 bits per heavy atom. The Hall–Kier alpha value is -0.530. The molecule has 0 amide bonds. The summed E-state index contributed by atoms with van der Waals surface area (Å²) in [6.45, 7) is 6.76. The van der Waals surface area contributed by atoms with Gasteiger partial charge in [0.1, 0.15) is 0 Å². The van der Waals surface area contributed by atoms with Gasteiger partial charge in [-0.05, 0) is 41.4 Å². The number of halogens is 1. The maximum atomic E-state index is 6.24. The Balaban J connectivity index is 2.34. The van der Waals surface area contributed by atoms with E-state index >= 15 is 0 Å². The van der Waals surface area contributed by atoms with Crippen molar-refractivity contribution in [3.63, 3.8) is 0 Å². The number of hydrogen-bond acceptors (Lipinski definition) is 1. The minimum atomic E-state index is 0.226. The van der Waals surface area contributed by atoms with Crippen molar-refractivity contribution in [2.75, 3.05) is 0 Å². The van der Waals surface area contributed by atoms with E-state index in [2.05, 4.69) is 32.9 Å². The maximum Gasteiger partial charge on any atom is 0.0408 e. The second-order valence-electron chi connectivity index (χ2n) is 5.28. The maximum absolute atomic E-state index is 6.24. The zero-order chi connectivity index (χ0) is 11.9. The van der Waals surface area contributed by atoms with Crippen LogP contribution >= 0.6 is 11.6 Å². The van der Waals surface area contributed by atoms with Crippen LogP contribution in [-0.2, 0) is 0 Å². The van der Waals surface area contributed by atoms with Crippen LogP contribution in [-0.4, -0.2) is 6.04 Å². The average Bonchev–Trinajstić information content (AvgIpc) is 2.28. The highest BCUT2D eigenvalue weighted by Crippen LogP contribution is 2.57. The van der Waals surface area contributed by atoms with E-state index in [1.54, 1.807) is 0 Å². The van der Waals surface area contributed by atoms with E-state index in [-0.39, 0.29) is 5.41 Å². The molecular weight excluding hydrogens is 218 g/mol. The Bertz CT molecular complexity index is 390. The first-order valence-electron chi connectivity index (χ1n) is 6.01. The fourth-order valence-electron chi connectivity index (χ4n) is 3.34. The highest BCUT2D eigenvalue weighted by Gasteiger charge is 2.54. The topological polar surface area (TPSA) is 26.0 Å². The van der Waals surface area contributed by atoms with Gasteiger partial charge in [0, 0.05) is 11.1 Å². The summed E-state index contributed by atoms with van der Waals surface area (Å²) in [4.78, 5) is 0. The third-order valence-corrected chi connectivity index (χ3v) is 4.77. The van der Waals surface area contributed by atoms with Crippen LogP contribution in [0.1, 0.15) is 38.7 Å². The first-order chi connectivity index (χ1) is 7.50. The first kappa shape index (κ1) is 11.9. The molecule has 0 aromatic heterocycles. The Morgan fingerprint density at radius 2 is 2.12 bits per heavy atom. The first-order valence-corrected chi connectivity index (χ1v) is 6.39. The van der Waals surface area contributed by atoms with Crippen molar-refractivity contribution < 1.29 is 0 Å². The predicted octanol–water partition coefficient (Wildman–Crippen LogP) is 3.82. The minimum Gasteiger partial charge on any atom is -0.327 e. The summed E-state index contributed by atoms with van der Waals surface area (Å²) >= 11 is 6.06. The van der Waals surface area contributed by atoms with E-state index < -0.39 is 0 Å². The number of benzene rings is 1. The van der Waals surface area contributed by atoms with E-state index in [0.29, 0.717) is 17.9 Å². The highest BCUT2D eigenvalue weighted by molar-refractivity contribution is 6.30. The monoisotopic (exact) mass is 237 g/mol. The van der Waals surface area contributed by atoms with Crippen LogP contribution in [0.3, 0.4) is 0 Å². The standard InChI is InChI=1S/C14H20ClN/c1-4-14(3)12(9(2)13(14)16)10-6-5-7-11(15)8-10/h5-9,12-13H,4,16H2,1-3H3. The van der Waals surface area contributed by atoms with Crippen molar-refractivity contribution in [2.45, 2.75) is 39.2 Å². The summed E-state index contributed by atoms with van der Waals surface area (Å²) in [5.41, 5.74) is 7.81. The molecule has 0 spiro atoms. The second-order valence-corrected chi connectivity index (χ2v) is 5.71. The van der Waals surface area contributed by atoms with E-state index in [0.717, 1.165) is 11.4 Å². The summed E-state index contributed by atoms with van der Waals surface area (Å²) in [5, 5.41) is 0.823.